The van der Waals surface area contributed by atoms with Crippen LogP contribution < -0.4 is 5.32 Å². The van der Waals surface area contributed by atoms with Crippen LogP contribution in [-0.2, 0) is 9.47 Å². The lowest BCUT2D eigenvalue weighted by Gasteiger charge is -2.47. The van der Waals surface area contributed by atoms with Crippen LogP contribution in [0.25, 0.3) is 0 Å². The van der Waals surface area contributed by atoms with E-state index in [0.29, 0.717) is 0 Å². The molecule has 4 heteroatoms. The second-order valence-corrected chi connectivity index (χ2v) is 5.37. The van der Waals surface area contributed by atoms with Crippen LogP contribution in [0, 0.1) is 0 Å². The summed E-state index contributed by atoms with van der Waals surface area (Å²) in [6, 6.07) is 0. The average molecular weight is 243 g/mol. The third-order valence-electron chi connectivity index (χ3n) is 3.71. The van der Waals surface area contributed by atoms with Gasteiger partial charge < -0.3 is 19.9 Å². The minimum atomic E-state index is -0.385. The van der Waals surface area contributed by atoms with Crippen LogP contribution >= 0.6 is 0 Å². The van der Waals surface area contributed by atoms with Crippen molar-refractivity contribution in [1.29, 1.82) is 0 Å². The summed E-state index contributed by atoms with van der Waals surface area (Å²) in [6.07, 6.45) is 4.62. The molecule has 0 radical (unpaired) electrons. The second-order valence-electron chi connectivity index (χ2n) is 5.37. The zero-order valence-corrected chi connectivity index (χ0v) is 10.9. The first-order valence-electron chi connectivity index (χ1n) is 6.88. The van der Waals surface area contributed by atoms with Crippen molar-refractivity contribution in [3.63, 3.8) is 0 Å². The van der Waals surface area contributed by atoms with Gasteiger partial charge in [0.15, 0.2) is 5.79 Å². The Kier molecular flexibility index (Phi) is 4.42. The minimum Gasteiger partial charge on any atom is -0.393 e. The third-order valence-corrected chi connectivity index (χ3v) is 3.71. The van der Waals surface area contributed by atoms with E-state index < -0.39 is 0 Å². The fourth-order valence-electron chi connectivity index (χ4n) is 2.84. The molecule has 1 spiro atoms. The molecule has 0 aromatic heterocycles. The number of ether oxygens (including phenoxy) is 2. The van der Waals surface area contributed by atoms with Gasteiger partial charge in [-0.1, -0.05) is 6.92 Å². The molecule has 0 aromatic rings. The van der Waals surface area contributed by atoms with E-state index in [0.717, 1.165) is 45.2 Å². The van der Waals surface area contributed by atoms with Gasteiger partial charge >= 0.3 is 0 Å². The lowest BCUT2D eigenvalue weighted by atomic mass is 9.97. The fraction of sp³-hybridized carbons (Fsp3) is 1.00. The van der Waals surface area contributed by atoms with Crippen molar-refractivity contribution in [3.8, 4) is 0 Å². The normalized spacial score (nSPS) is 34.8. The molecule has 100 valence electrons. The summed E-state index contributed by atoms with van der Waals surface area (Å²) in [7, 11) is 0. The summed E-state index contributed by atoms with van der Waals surface area (Å²) in [5.74, 6) is -0.385. The highest BCUT2D eigenvalue weighted by molar-refractivity contribution is 4.86. The van der Waals surface area contributed by atoms with Gasteiger partial charge in [-0.15, -0.1) is 0 Å². The van der Waals surface area contributed by atoms with Gasteiger partial charge in [0.1, 0.15) is 0 Å². The van der Waals surface area contributed by atoms with Gasteiger partial charge in [0, 0.05) is 32.4 Å². The van der Waals surface area contributed by atoms with Gasteiger partial charge in [-0.3, -0.25) is 0 Å². The maximum absolute atomic E-state index is 9.52. The smallest absolute Gasteiger partial charge is 0.171 e. The van der Waals surface area contributed by atoms with E-state index in [9.17, 15) is 5.11 Å². The van der Waals surface area contributed by atoms with Gasteiger partial charge in [-0.25, -0.2) is 0 Å². The highest BCUT2D eigenvalue weighted by Gasteiger charge is 2.42. The van der Waals surface area contributed by atoms with Crippen molar-refractivity contribution in [2.24, 2.45) is 0 Å². The van der Waals surface area contributed by atoms with Gasteiger partial charge in [0.2, 0.25) is 0 Å². The van der Waals surface area contributed by atoms with Gasteiger partial charge in [0.25, 0.3) is 0 Å². The van der Waals surface area contributed by atoms with Crippen molar-refractivity contribution < 1.29 is 14.6 Å². The Morgan fingerprint density at radius 2 is 1.94 bits per heavy atom. The van der Waals surface area contributed by atoms with Gasteiger partial charge in [-0.05, 0) is 19.8 Å². The molecule has 3 unspecified atom stereocenters. The van der Waals surface area contributed by atoms with Crippen molar-refractivity contribution in [3.05, 3.63) is 0 Å². The van der Waals surface area contributed by atoms with Crippen molar-refractivity contribution >= 4 is 0 Å². The molecule has 4 nitrogen and oxygen atoms in total. The molecular formula is C13H25NO3. The first-order chi connectivity index (χ1) is 8.13. The van der Waals surface area contributed by atoms with Gasteiger partial charge in [0.05, 0.1) is 18.3 Å². The predicted molar refractivity (Wildman–Crippen MR) is 65.8 cm³/mol. The number of aliphatic hydroxyl groups excluding tert-OH is 1. The van der Waals surface area contributed by atoms with E-state index in [2.05, 4.69) is 12.2 Å². The largest absolute Gasteiger partial charge is 0.393 e. The zero-order chi connectivity index (χ0) is 12.3. The molecule has 0 aromatic carbocycles. The summed E-state index contributed by atoms with van der Waals surface area (Å²) in [5.41, 5.74) is 0. The van der Waals surface area contributed by atoms with Crippen LogP contribution in [0.1, 0.15) is 46.0 Å². The van der Waals surface area contributed by atoms with Crippen LogP contribution in [0.5, 0.6) is 0 Å². The third kappa shape index (κ3) is 3.41. The highest BCUT2D eigenvalue weighted by Crippen LogP contribution is 2.36. The number of aliphatic hydroxyl groups is 1. The Bertz CT molecular complexity index is 239. The topological polar surface area (TPSA) is 50.7 Å². The summed E-state index contributed by atoms with van der Waals surface area (Å²) in [6.45, 7) is 5.90. The molecule has 0 bridgehead atoms. The fourth-order valence-corrected chi connectivity index (χ4v) is 2.84. The van der Waals surface area contributed by atoms with Crippen molar-refractivity contribution in [2.45, 2.75) is 70.1 Å². The number of nitrogens with one attached hydrogen (secondary N) is 1. The van der Waals surface area contributed by atoms with E-state index in [1.165, 1.54) is 0 Å². The number of hydrogen-bond donors (Lipinski definition) is 2. The molecule has 17 heavy (non-hydrogen) atoms. The molecule has 3 atom stereocenters. The van der Waals surface area contributed by atoms with Gasteiger partial charge in [-0.2, -0.15) is 0 Å². The molecule has 2 rings (SSSR count). The van der Waals surface area contributed by atoms with Crippen molar-refractivity contribution in [1.82, 2.24) is 5.32 Å². The lowest BCUT2D eigenvalue weighted by molar-refractivity contribution is -0.328. The molecule has 0 aliphatic carbocycles. The lowest BCUT2D eigenvalue weighted by Crippen LogP contribution is -2.54. The molecule has 2 aliphatic heterocycles. The zero-order valence-electron chi connectivity index (χ0n) is 10.9. The van der Waals surface area contributed by atoms with Crippen LogP contribution in [0.4, 0.5) is 0 Å². The summed E-state index contributed by atoms with van der Waals surface area (Å²) < 4.78 is 12.3. The Labute approximate surface area is 104 Å². The number of rotatable bonds is 3. The molecule has 0 saturated carbocycles. The monoisotopic (exact) mass is 243 g/mol. The summed E-state index contributed by atoms with van der Waals surface area (Å²) in [5, 5.41) is 12.9. The molecule has 2 heterocycles. The molecule has 2 fully saturated rings. The van der Waals surface area contributed by atoms with Crippen LogP contribution in [0.3, 0.4) is 0 Å². The molecular weight excluding hydrogens is 218 g/mol. The van der Waals surface area contributed by atoms with E-state index in [4.69, 9.17) is 9.47 Å². The van der Waals surface area contributed by atoms with Crippen LogP contribution in [0.15, 0.2) is 0 Å². The maximum atomic E-state index is 9.52. The van der Waals surface area contributed by atoms with E-state index in [1.807, 2.05) is 6.92 Å². The Balaban J connectivity index is 2.01. The van der Waals surface area contributed by atoms with Crippen LogP contribution in [0.2, 0.25) is 0 Å². The van der Waals surface area contributed by atoms with E-state index in [1.54, 1.807) is 0 Å². The number of hydrogen-bond acceptors (Lipinski definition) is 4. The minimum absolute atomic E-state index is 0.145. The Morgan fingerprint density at radius 1 is 1.29 bits per heavy atom. The molecule has 2 aliphatic rings. The highest BCUT2D eigenvalue weighted by atomic mass is 16.7. The summed E-state index contributed by atoms with van der Waals surface area (Å²) in [4.78, 5) is 0. The molecule has 2 saturated heterocycles. The first kappa shape index (κ1) is 13.3. The maximum Gasteiger partial charge on any atom is 0.171 e. The molecule has 2 N–H and O–H groups in total. The number of piperidine rings is 1. The molecule has 0 amide bonds. The Morgan fingerprint density at radius 3 is 2.53 bits per heavy atom. The Hall–Kier alpha value is -0.160. The quantitative estimate of drug-likeness (QED) is 0.787. The standard InChI is InChI=1S/C13H25NO3/c1-3-11-9-12(8-10(2)15)17-13(16-11)4-6-14-7-5-13/h10-12,14-15H,3-9H2,1-2H3. The SMILES string of the molecule is CCC1CC(CC(C)O)OC2(CCNCC2)O1. The first-order valence-corrected chi connectivity index (χ1v) is 6.88. The van der Waals surface area contributed by atoms with E-state index >= 15 is 0 Å². The van der Waals surface area contributed by atoms with Crippen molar-refractivity contribution in [2.75, 3.05) is 13.1 Å². The average Bonchev–Trinajstić information content (AvgIpc) is 2.28. The van der Waals surface area contributed by atoms with E-state index in [-0.39, 0.29) is 24.1 Å². The summed E-state index contributed by atoms with van der Waals surface area (Å²) >= 11 is 0. The van der Waals surface area contributed by atoms with Crippen LogP contribution in [-0.4, -0.2) is 42.3 Å². The predicted octanol–water partition coefficient (Wildman–Crippen LogP) is 1.42. The second kappa shape index (κ2) is 5.65.